The van der Waals surface area contributed by atoms with Crippen molar-refractivity contribution in [3.63, 3.8) is 0 Å². The van der Waals surface area contributed by atoms with Gasteiger partial charge in [-0.25, -0.2) is 0 Å². The molecule has 116 valence electrons. The number of allylic oxidation sites excluding steroid dienone is 1. The molecule has 0 aliphatic carbocycles. The molecule has 0 fully saturated rings. The van der Waals surface area contributed by atoms with E-state index in [1.807, 2.05) is 0 Å². The summed E-state index contributed by atoms with van der Waals surface area (Å²) in [4.78, 5) is 0. The van der Waals surface area contributed by atoms with E-state index in [-0.39, 0.29) is 5.04 Å². The molecule has 0 nitrogen and oxygen atoms in total. The predicted octanol–water partition coefficient (Wildman–Crippen LogP) is 5.57. The third-order valence-electron chi connectivity index (χ3n) is 5.46. The summed E-state index contributed by atoms with van der Waals surface area (Å²) >= 11 is 0. The first-order valence-electron chi connectivity index (χ1n) is 8.29. The normalized spacial score (nSPS) is 14.3. The summed E-state index contributed by atoms with van der Waals surface area (Å²) in [5.41, 5.74) is 1.43. The maximum absolute atomic E-state index is 4.24. The van der Waals surface area contributed by atoms with Gasteiger partial charge in [0.05, 0.1) is 8.07 Å². The highest BCUT2D eigenvalue weighted by molar-refractivity contribution is 6.92. The van der Waals surface area contributed by atoms with Crippen LogP contribution in [0.5, 0.6) is 0 Å². The Labute approximate surface area is 136 Å². The van der Waals surface area contributed by atoms with Crippen LogP contribution in [0.3, 0.4) is 0 Å². The lowest BCUT2D eigenvalue weighted by molar-refractivity contribution is 0.575. The number of hydrogen-bond donors (Lipinski definition) is 0. The highest BCUT2D eigenvalue weighted by Gasteiger charge is 2.43. The molecule has 1 atom stereocenters. The second kappa shape index (κ2) is 7.10. The summed E-state index contributed by atoms with van der Waals surface area (Å²) in [6.07, 6.45) is 5.74. The van der Waals surface area contributed by atoms with Crippen molar-refractivity contribution in [1.82, 2.24) is 0 Å². The van der Waals surface area contributed by atoms with Crippen LogP contribution in [0.4, 0.5) is 0 Å². The van der Waals surface area contributed by atoms with Crippen LogP contribution in [-0.4, -0.2) is 8.07 Å². The minimum absolute atomic E-state index is 0.240. The molecule has 0 amide bonds. The van der Waals surface area contributed by atoms with Gasteiger partial charge in [0.1, 0.15) is 0 Å². The Bertz CT molecular complexity index is 586. The van der Waals surface area contributed by atoms with Crippen molar-refractivity contribution in [2.24, 2.45) is 0 Å². The highest BCUT2D eigenvalue weighted by atomic mass is 28.3. The SMILES string of the molecule is C=C[C@](CC)(CCc1ccccc1)[Si](C)(C)c1ccccc1. The van der Waals surface area contributed by atoms with Gasteiger partial charge in [0.2, 0.25) is 0 Å². The van der Waals surface area contributed by atoms with Gasteiger partial charge in [-0.1, -0.05) is 91.9 Å². The van der Waals surface area contributed by atoms with E-state index in [2.05, 4.69) is 93.3 Å². The summed E-state index contributed by atoms with van der Waals surface area (Å²) in [6.45, 7) is 11.6. The van der Waals surface area contributed by atoms with Gasteiger partial charge in [0.15, 0.2) is 0 Å². The van der Waals surface area contributed by atoms with E-state index >= 15 is 0 Å². The molecule has 2 aromatic rings. The Morgan fingerprint density at radius 1 is 0.955 bits per heavy atom. The van der Waals surface area contributed by atoms with Gasteiger partial charge in [-0.05, 0) is 29.9 Å². The smallest absolute Gasteiger partial charge is 0.0904 e. The average molecular weight is 309 g/mol. The van der Waals surface area contributed by atoms with Crippen molar-refractivity contribution in [1.29, 1.82) is 0 Å². The van der Waals surface area contributed by atoms with E-state index in [4.69, 9.17) is 0 Å². The third kappa shape index (κ3) is 3.25. The minimum Gasteiger partial charge on any atom is -0.103 e. The topological polar surface area (TPSA) is 0 Å². The molecule has 0 saturated carbocycles. The van der Waals surface area contributed by atoms with Crippen molar-refractivity contribution in [3.8, 4) is 0 Å². The van der Waals surface area contributed by atoms with Gasteiger partial charge in [-0.3, -0.25) is 0 Å². The maximum Gasteiger partial charge on any atom is 0.0904 e. The summed E-state index contributed by atoms with van der Waals surface area (Å²) in [6, 6.07) is 21.9. The first kappa shape index (κ1) is 16.8. The quantitative estimate of drug-likeness (QED) is 0.463. The van der Waals surface area contributed by atoms with Gasteiger partial charge in [-0.2, -0.15) is 0 Å². The fourth-order valence-corrected chi connectivity index (χ4v) is 7.33. The van der Waals surface area contributed by atoms with E-state index in [1.165, 1.54) is 17.2 Å². The molecule has 0 N–H and O–H groups in total. The second-order valence-corrected chi connectivity index (χ2v) is 11.5. The molecule has 0 saturated heterocycles. The molecule has 0 bridgehead atoms. The fraction of sp³-hybridized carbons (Fsp3) is 0.333. The Balaban J connectivity index is 2.29. The van der Waals surface area contributed by atoms with Crippen LogP contribution in [0.15, 0.2) is 73.3 Å². The number of rotatable bonds is 7. The lowest BCUT2D eigenvalue weighted by Gasteiger charge is -2.44. The van der Waals surface area contributed by atoms with Gasteiger partial charge >= 0.3 is 0 Å². The molecule has 22 heavy (non-hydrogen) atoms. The van der Waals surface area contributed by atoms with Gasteiger partial charge in [-0.15, -0.1) is 6.58 Å². The molecule has 2 rings (SSSR count). The Hall–Kier alpha value is -1.60. The lowest BCUT2D eigenvalue weighted by atomic mass is 9.96. The second-order valence-electron chi connectivity index (χ2n) is 6.69. The van der Waals surface area contributed by atoms with Crippen LogP contribution < -0.4 is 5.19 Å². The Morgan fingerprint density at radius 2 is 1.50 bits per heavy atom. The molecule has 2 aromatic carbocycles. The zero-order valence-corrected chi connectivity index (χ0v) is 15.2. The van der Waals surface area contributed by atoms with E-state index in [1.54, 1.807) is 0 Å². The number of hydrogen-bond acceptors (Lipinski definition) is 0. The third-order valence-corrected chi connectivity index (χ3v) is 10.5. The summed E-state index contributed by atoms with van der Waals surface area (Å²) in [5, 5.41) is 1.77. The Kier molecular flexibility index (Phi) is 5.41. The van der Waals surface area contributed by atoms with Crippen LogP contribution in [-0.2, 0) is 6.42 Å². The molecule has 0 radical (unpaired) electrons. The molecule has 0 aliphatic rings. The first-order valence-corrected chi connectivity index (χ1v) is 11.3. The first-order chi connectivity index (χ1) is 10.6. The highest BCUT2D eigenvalue weighted by Crippen LogP contribution is 2.46. The lowest BCUT2D eigenvalue weighted by Crippen LogP contribution is -2.52. The minimum atomic E-state index is -1.63. The van der Waals surface area contributed by atoms with Crippen molar-refractivity contribution in [2.45, 2.75) is 44.3 Å². The van der Waals surface area contributed by atoms with Crippen LogP contribution in [0.25, 0.3) is 0 Å². The molecular formula is C21H28Si. The summed E-state index contributed by atoms with van der Waals surface area (Å²) < 4.78 is 0. The van der Waals surface area contributed by atoms with Crippen molar-refractivity contribution in [2.75, 3.05) is 0 Å². The van der Waals surface area contributed by atoms with Gasteiger partial charge < -0.3 is 0 Å². The molecule has 1 heteroatoms. The molecule has 0 unspecified atom stereocenters. The largest absolute Gasteiger partial charge is 0.103 e. The van der Waals surface area contributed by atoms with Crippen LogP contribution in [0.2, 0.25) is 18.1 Å². The molecule has 0 aliphatic heterocycles. The average Bonchev–Trinajstić information content (AvgIpc) is 2.58. The summed E-state index contributed by atoms with van der Waals surface area (Å²) in [7, 11) is -1.63. The van der Waals surface area contributed by atoms with Crippen LogP contribution in [0, 0.1) is 0 Å². The van der Waals surface area contributed by atoms with E-state index < -0.39 is 8.07 Å². The fourth-order valence-electron chi connectivity index (χ4n) is 3.59. The number of benzene rings is 2. The van der Waals surface area contributed by atoms with Crippen LogP contribution >= 0.6 is 0 Å². The maximum atomic E-state index is 4.24. The van der Waals surface area contributed by atoms with E-state index in [0.717, 1.165) is 12.8 Å². The van der Waals surface area contributed by atoms with Crippen molar-refractivity contribution < 1.29 is 0 Å². The zero-order valence-electron chi connectivity index (χ0n) is 14.2. The standard InChI is InChI=1S/C21H28Si/c1-5-21(6-2,18-17-19-13-9-7-10-14-19)22(3,4)20-15-11-8-12-16-20/h5,7-16H,1,6,17-18H2,2-4H3/t21-/m0/s1. The predicted molar refractivity (Wildman–Crippen MR) is 102 cm³/mol. The van der Waals surface area contributed by atoms with Crippen molar-refractivity contribution in [3.05, 3.63) is 78.9 Å². The molecule has 0 spiro atoms. The molecular weight excluding hydrogens is 280 g/mol. The molecule has 0 heterocycles. The van der Waals surface area contributed by atoms with Crippen molar-refractivity contribution >= 4 is 13.3 Å². The Morgan fingerprint density at radius 3 is 2.00 bits per heavy atom. The molecule has 0 aromatic heterocycles. The summed E-state index contributed by atoms with van der Waals surface area (Å²) in [5.74, 6) is 0. The zero-order chi connectivity index (χ0) is 16.1. The van der Waals surface area contributed by atoms with Crippen LogP contribution in [0.1, 0.15) is 25.3 Å². The van der Waals surface area contributed by atoms with E-state index in [0.29, 0.717) is 0 Å². The van der Waals surface area contributed by atoms with Gasteiger partial charge in [0.25, 0.3) is 0 Å². The van der Waals surface area contributed by atoms with Gasteiger partial charge in [0, 0.05) is 0 Å². The van der Waals surface area contributed by atoms with E-state index in [9.17, 15) is 0 Å². The monoisotopic (exact) mass is 308 g/mol. The number of aryl methyl sites for hydroxylation is 1.